The van der Waals surface area contributed by atoms with Crippen LogP contribution < -0.4 is 5.32 Å². The van der Waals surface area contributed by atoms with E-state index in [2.05, 4.69) is 10.3 Å². The molecule has 0 amide bonds. The summed E-state index contributed by atoms with van der Waals surface area (Å²) >= 11 is 0. The van der Waals surface area contributed by atoms with Crippen LogP contribution in [0.2, 0.25) is 0 Å². The molecule has 106 valence electrons. The predicted octanol–water partition coefficient (Wildman–Crippen LogP) is 1.91. The molecule has 1 atom stereocenters. The quantitative estimate of drug-likeness (QED) is 0.729. The van der Waals surface area contributed by atoms with Crippen LogP contribution >= 0.6 is 0 Å². The van der Waals surface area contributed by atoms with Crippen molar-refractivity contribution in [1.82, 2.24) is 4.98 Å². The molecule has 7 nitrogen and oxygen atoms in total. The highest BCUT2D eigenvalue weighted by molar-refractivity contribution is 5.87. The minimum Gasteiger partial charge on any atom is -0.480 e. The zero-order chi connectivity index (χ0) is 14.5. The number of carbonyl (C=O) groups excluding carboxylic acids is 1. The number of anilines is 1. The zero-order valence-corrected chi connectivity index (χ0v) is 11.2. The summed E-state index contributed by atoms with van der Waals surface area (Å²) in [6, 6.07) is -0.0126. The molecular formula is C12H18N2O5. The lowest BCUT2D eigenvalue weighted by Gasteiger charge is -2.24. The highest BCUT2D eigenvalue weighted by Crippen LogP contribution is 2.20. The van der Waals surface area contributed by atoms with Gasteiger partial charge in [0.1, 0.15) is 11.8 Å². The second-order valence-electron chi connectivity index (χ2n) is 4.27. The van der Waals surface area contributed by atoms with Crippen LogP contribution in [0.15, 0.2) is 10.7 Å². The first-order chi connectivity index (χ1) is 8.92. The van der Waals surface area contributed by atoms with Gasteiger partial charge in [-0.2, -0.15) is 4.98 Å². The lowest BCUT2D eigenvalue weighted by molar-refractivity contribution is -0.142. The highest BCUT2D eigenvalue weighted by atomic mass is 16.5. The average molecular weight is 270 g/mol. The molecule has 1 aromatic heterocycles. The maximum atomic E-state index is 11.4. The van der Waals surface area contributed by atoms with E-state index < -0.39 is 17.5 Å². The van der Waals surface area contributed by atoms with Gasteiger partial charge >= 0.3 is 11.9 Å². The summed E-state index contributed by atoms with van der Waals surface area (Å²) in [6.07, 6.45) is 2.22. The molecule has 2 N–H and O–H groups in total. The van der Waals surface area contributed by atoms with Crippen molar-refractivity contribution in [3.8, 4) is 0 Å². The van der Waals surface area contributed by atoms with E-state index in [1.807, 2.05) is 6.92 Å². The molecular weight excluding hydrogens is 252 g/mol. The topological polar surface area (TPSA) is 102 Å². The van der Waals surface area contributed by atoms with Crippen molar-refractivity contribution >= 4 is 18.0 Å². The third-order valence-corrected chi connectivity index (χ3v) is 2.59. The Balaban J connectivity index is 2.81. The number of rotatable bonds is 7. The third-order valence-electron chi connectivity index (χ3n) is 2.59. The molecule has 0 aliphatic rings. The van der Waals surface area contributed by atoms with Crippen molar-refractivity contribution in [1.29, 1.82) is 0 Å². The molecule has 7 heteroatoms. The van der Waals surface area contributed by atoms with Crippen LogP contribution in [-0.4, -0.2) is 34.2 Å². The Labute approximate surface area is 111 Å². The maximum Gasteiger partial charge on any atom is 0.360 e. The summed E-state index contributed by atoms with van der Waals surface area (Å²) in [7, 11) is 0. The van der Waals surface area contributed by atoms with E-state index in [-0.39, 0.29) is 18.3 Å². The third kappa shape index (κ3) is 3.70. The van der Waals surface area contributed by atoms with Crippen molar-refractivity contribution < 1.29 is 23.8 Å². The molecule has 1 rings (SSSR count). The van der Waals surface area contributed by atoms with Gasteiger partial charge in [-0.1, -0.05) is 13.3 Å². The second kappa shape index (κ2) is 6.21. The SMILES string of the molecule is CCCC(C)(Nc1nc(C(=O)OCC)co1)C(=O)O. The van der Waals surface area contributed by atoms with E-state index in [1.165, 1.54) is 6.92 Å². The minimum atomic E-state index is -1.19. The van der Waals surface area contributed by atoms with Gasteiger partial charge in [-0.15, -0.1) is 0 Å². The summed E-state index contributed by atoms with van der Waals surface area (Å²) in [5.41, 5.74) is -1.18. The standard InChI is InChI=1S/C12H18N2O5/c1-4-6-12(3,10(16)17)14-11-13-8(7-19-11)9(15)18-5-2/h7H,4-6H2,1-3H3,(H,13,14)(H,16,17). The van der Waals surface area contributed by atoms with Crippen LogP contribution in [0.3, 0.4) is 0 Å². The fourth-order valence-electron chi connectivity index (χ4n) is 1.59. The lowest BCUT2D eigenvalue weighted by atomic mass is 9.97. The Bertz CT molecular complexity index is 457. The van der Waals surface area contributed by atoms with E-state index >= 15 is 0 Å². The fourth-order valence-corrected chi connectivity index (χ4v) is 1.59. The summed E-state index contributed by atoms with van der Waals surface area (Å²) in [4.78, 5) is 26.5. The molecule has 1 heterocycles. The van der Waals surface area contributed by atoms with Crippen molar-refractivity contribution in [3.63, 3.8) is 0 Å². The van der Waals surface area contributed by atoms with Crippen LogP contribution in [0, 0.1) is 0 Å². The number of esters is 1. The van der Waals surface area contributed by atoms with E-state index in [4.69, 9.17) is 9.15 Å². The molecule has 0 radical (unpaired) electrons. The first-order valence-corrected chi connectivity index (χ1v) is 6.07. The van der Waals surface area contributed by atoms with Crippen LogP contribution in [0.4, 0.5) is 6.01 Å². The number of carboxylic acids is 1. The lowest BCUT2D eigenvalue weighted by Crippen LogP contribution is -2.43. The number of hydrogen-bond acceptors (Lipinski definition) is 6. The largest absolute Gasteiger partial charge is 0.480 e. The Kier molecular flexibility index (Phi) is 4.91. The van der Waals surface area contributed by atoms with Gasteiger partial charge in [0.25, 0.3) is 6.01 Å². The molecule has 0 aliphatic heterocycles. The number of hydrogen-bond donors (Lipinski definition) is 2. The van der Waals surface area contributed by atoms with Gasteiger partial charge in [-0.25, -0.2) is 9.59 Å². The minimum absolute atomic E-state index is 0.00795. The van der Waals surface area contributed by atoms with Crippen LogP contribution in [0.5, 0.6) is 0 Å². The van der Waals surface area contributed by atoms with Crippen LogP contribution in [0.1, 0.15) is 44.1 Å². The van der Waals surface area contributed by atoms with E-state index in [1.54, 1.807) is 6.92 Å². The molecule has 19 heavy (non-hydrogen) atoms. The highest BCUT2D eigenvalue weighted by Gasteiger charge is 2.33. The number of carbonyl (C=O) groups is 2. The number of nitrogens with zero attached hydrogens (tertiary/aromatic N) is 1. The Morgan fingerprint density at radius 2 is 2.21 bits per heavy atom. The van der Waals surface area contributed by atoms with Crippen LogP contribution in [0.25, 0.3) is 0 Å². The van der Waals surface area contributed by atoms with Gasteiger partial charge < -0.3 is 19.6 Å². The van der Waals surface area contributed by atoms with Crippen molar-refractivity contribution in [2.45, 2.75) is 39.2 Å². The molecule has 0 bridgehead atoms. The Morgan fingerprint density at radius 1 is 1.53 bits per heavy atom. The van der Waals surface area contributed by atoms with Gasteiger partial charge in [0.2, 0.25) is 0 Å². The smallest absolute Gasteiger partial charge is 0.360 e. The summed E-state index contributed by atoms with van der Waals surface area (Å²) < 4.78 is 9.80. The molecule has 0 aromatic carbocycles. The molecule has 0 saturated heterocycles. The first kappa shape index (κ1) is 15.0. The maximum absolute atomic E-state index is 11.4. The van der Waals surface area contributed by atoms with E-state index in [0.717, 1.165) is 6.26 Å². The van der Waals surface area contributed by atoms with Gasteiger partial charge in [-0.05, 0) is 20.3 Å². The molecule has 1 aromatic rings. The molecule has 0 aliphatic carbocycles. The number of ether oxygens (including phenoxy) is 1. The number of oxazole rings is 1. The average Bonchev–Trinajstić information content (AvgIpc) is 2.77. The summed E-state index contributed by atoms with van der Waals surface area (Å²) in [5, 5.41) is 11.9. The Hall–Kier alpha value is -2.05. The number of carboxylic acid groups (broad SMARTS) is 1. The summed E-state index contributed by atoms with van der Waals surface area (Å²) in [5.74, 6) is -1.61. The predicted molar refractivity (Wildman–Crippen MR) is 67.0 cm³/mol. The van der Waals surface area contributed by atoms with Crippen molar-refractivity contribution in [2.24, 2.45) is 0 Å². The zero-order valence-electron chi connectivity index (χ0n) is 11.2. The van der Waals surface area contributed by atoms with Gasteiger partial charge in [0, 0.05) is 0 Å². The van der Waals surface area contributed by atoms with Gasteiger partial charge in [0.15, 0.2) is 5.69 Å². The van der Waals surface area contributed by atoms with Crippen LogP contribution in [-0.2, 0) is 9.53 Å². The van der Waals surface area contributed by atoms with Crippen molar-refractivity contribution in [3.05, 3.63) is 12.0 Å². The second-order valence-corrected chi connectivity index (χ2v) is 4.27. The van der Waals surface area contributed by atoms with Crippen molar-refractivity contribution in [2.75, 3.05) is 11.9 Å². The van der Waals surface area contributed by atoms with Gasteiger partial charge in [0.05, 0.1) is 6.61 Å². The molecule has 0 spiro atoms. The van der Waals surface area contributed by atoms with Gasteiger partial charge in [-0.3, -0.25) is 0 Å². The molecule has 0 saturated carbocycles. The normalized spacial score (nSPS) is 13.6. The van der Waals surface area contributed by atoms with E-state index in [0.29, 0.717) is 12.8 Å². The summed E-state index contributed by atoms with van der Waals surface area (Å²) in [6.45, 7) is 5.33. The number of aliphatic carboxylic acids is 1. The fraction of sp³-hybridized carbons (Fsp3) is 0.583. The first-order valence-electron chi connectivity index (χ1n) is 6.07. The van der Waals surface area contributed by atoms with E-state index in [9.17, 15) is 14.7 Å². The number of aromatic nitrogens is 1. The monoisotopic (exact) mass is 270 g/mol. The molecule has 0 fully saturated rings. The number of nitrogens with one attached hydrogen (secondary N) is 1. The Morgan fingerprint density at radius 3 is 2.74 bits per heavy atom. The molecule has 1 unspecified atom stereocenters.